The summed E-state index contributed by atoms with van der Waals surface area (Å²) in [5.41, 5.74) is -0.711. The van der Waals surface area contributed by atoms with Crippen LogP contribution >= 0.6 is 15.9 Å². The first-order valence-electron chi connectivity index (χ1n) is 5.26. The molecule has 6 nitrogen and oxygen atoms in total. The summed E-state index contributed by atoms with van der Waals surface area (Å²) in [4.78, 5) is 32.7. The van der Waals surface area contributed by atoms with E-state index in [9.17, 15) is 23.2 Å². The van der Waals surface area contributed by atoms with Gasteiger partial charge < -0.3 is 10.4 Å². The van der Waals surface area contributed by atoms with Crippen LogP contribution in [0.3, 0.4) is 0 Å². The lowest BCUT2D eigenvalue weighted by Gasteiger charge is -2.08. The average Bonchev–Trinajstić information content (AvgIpc) is 2.31. The summed E-state index contributed by atoms with van der Waals surface area (Å²) in [7, 11) is 0. The molecule has 0 unspecified atom stereocenters. The maximum absolute atomic E-state index is 13.4. The van der Waals surface area contributed by atoms with Crippen LogP contribution in [-0.4, -0.2) is 23.0 Å². The lowest BCUT2D eigenvalue weighted by atomic mass is 10.3. The molecule has 1 aromatic rings. The van der Waals surface area contributed by atoms with E-state index in [4.69, 9.17) is 5.11 Å². The van der Waals surface area contributed by atoms with Crippen LogP contribution in [0.4, 0.5) is 19.3 Å². The van der Waals surface area contributed by atoms with Crippen LogP contribution in [0.5, 0.6) is 0 Å². The summed E-state index contributed by atoms with van der Waals surface area (Å²) in [6, 6.07) is 0.719. The van der Waals surface area contributed by atoms with E-state index in [0.29, 0.717) is 0 Å². The van der Waals surface area contributed by atoms with E-state index in [2.05, 4.69) is 15.9 Å². The van der Waals surface area contributed by atoms with Crippen LogP contribution in [-0.2, 0) is 9.59 Å². The number of carbonyl (C=O) groups excluding carboxylic acids is 2. The molecule has 0 aliphatic heterocycles. The van der Waals surface area contributed by atoms with Crippen molar-refractivity contribution < 1.29 is 28.3 Å². The summed E-state index contributed by atoms with van der Waals surface area (Å²) >= 11 is 2.87. The molecule has 0 bridgehead atoms. The van der Waals surface area contributed by atoms with E-state index in [1.807, 2.05) is 5.32 Å². The Labute approximate surface area is 120 Å². The number of rotatable bonds is 4. The number of hydrogen-bond donors (Lipinski definition) is 3. The lowest BCUT2D eigenvalue weighted by Crippen LogP contribution is -2.35. The number of halogens is 3. The number of imide groups is 1. The number of amides is 3. The van der Waals surface area contributed by atoms with Gasteiger partial charge in [-0.3, -0.25) is 14.9 Å². The van der Waals surface area contributed by atoms with Crippen molar-refractivity contribution in [1.29, 1.82) is 0 Å². The van der Waals surface area contributed by atoms with Gasteiger partial charge in [0, 0.05) is 10.9 Å². The smallest absolute Gasteiger partial charge is 0.326 e. The molecule has 0 aromatic heterocycles. The van der Waals surface area contributed by atoms with E-state index in [1.165, 1.54) is 0 Å². The van der Waals surface area contributed by atoms with Gasteiger partial charge in [-0.1, -0.05) is 15.9 Å². The molecular weight excluding hydrogens is 342 g/mol. The standard InChI is InChI=1S/C11H9BrF2N2O4/c12-5-3-6(13)10(7(14)4-5)16-11(20)15-8(17)1-2-9(18)19/h3-4H,1-2H2,(H,18,19)(H2,15,16,17,20). The summed E-state index contributed by atoms with van der Waals surface area (Å²) in [5.74, 6) is -4.12. The van der Waals surface area contributed by atoms with Crippen LogP contribution < -0.4 is 10.6 Å². The van der Waals surface area contributed by atoms with Crippen LogP contribution in [0.25, 0.3) is 0 Å². The molecule has 0 heterocycles. The number of carbonyl (C=O) groups is 3. The van der Waals surface area contributed by atoms with Gasteiger partial charge in [-0.15, -0.1) is 0 Å². The second-order valence-corrected chi connectivity index (χ2v) is 4.56. The van der Waals surface area contributed by atoms with Crippen molar-refractivity contribution in [3.63, 3.8) is 0 Å². The zero-order valence-electron chi connectivity index (χ0n) is 9.87. The van der Waals surface area contributed by atoms with Gasteiger partial charge in [-0.25, -0.2) is 13.6 Å². The molecule has 20 heavy (non-hydrogen) atoms. The van der Waals surface area contributed by atoms with E-state index >= 15 is 0 Å². The number of benzene rings is 1. The molecule has 0 aliphatic carbocycles. The minimum atomic E-state index is -1.20. The quantitative estimate of drug-likeness (QED) is 0.775. The van der Waals surface area contributed by atoms with Crippen molar-refractivity contribution in [1.82, 2.24) is 5.32 Å². The first kappa shape index (κ1) is 16.0. The minimum Gasteiger partial charge on any atom is -0.481 e. The second kappa shape index (κ2) is 6.94. The summed E-state index contributed by atoms with van der Waals surface area (Å²) in [6.07, 6.45) is -0.881. The molecule has 0 aliphatic rings. The normalized spacial score (nSPS) is 9.95. The van der Waals surface area contributed by atoms with E-state index in [0.717, 1.165) is 12.1 Å². The maximum atomic E-state index is 13.4. The number of carboxylic acids is 1. The molecular formula is C11H9BrF2N2O4. The Kier molecular flexibility index (Phi) is 5.56. The lowest BCUT2D eigenvalue weighted by molar-refractivity contribution is -0.138. The van der Waals surface area contributed by atoms with Gasteiger partial charge in [0.2, 0.25) is 5.91 Å². The number of carboxylic acid groups (broad SMARTS) is 1. The Balaban J connectivity index is 2.63. The molecule has 3 N–H and O–H groups in total. The van der Waals surface area contributed by atoms with E-state index in [-0.39, 0.29) is 4.47 Å². The van der Waals surface area contributed by atoms with Crippen LogP contribution in [0.1, 0.15) is 12.8 Å². The predicted octanol–water partition coefficient (Wildman–Crippen LogP) is 2.24. The Hall–Kier alpha value is -2.03. The van der Waals surface area contributed by atoms with Gasteiger partial charge in [0.1, 0.15) is 5.69 Å². The number of urea groups is 1. The van der Waals surface area contributed by atoms with Gasteiger partial charge in [0.25, 0.3) is 0 Å². The molecule has 1 rings (SSSR count). The van der Waals surface area contributed by atoms with Crippen molar-refractivity contribution in [2.24, 2.45) is 0 Å². The molecule has 1 aromatic carbocycles. The fourth-order valence-corrected chi connectivity index (χ4v) is 1.62. The zero-order valence-corrected chi connectivity index (χ0v) is 11.5. The number of nitrogens with one attached hydrogen (secondary N) is 2. The van der Waals surface area contributed by atoms with E-state index in [1.54, 1.807) is 5.32 Å². The number of anilines is 1. The third kappa shape index (κ3) is 4.92. The summed E-state index contributed by atoms with van der Waals surface area (Å²) in [6.45, 7) is 0. The summed E-state index contributed by atoms with van der Waals surface area (Å²) < 4.78 is 26.9. The largest absolute Gasteiger partial charge is 0.481 e. The zero-order chi connectivity index (χ0) is 15.3. The highest BCUT2D eigenvalue weighted by atomic mass is 79.9. The Morgan fingerprint density at radius 3 is 2.20 bits per heavy atom. The van der Waals surface area contributed by atoms with Crippen molar-refractivity contribution >= 4 is 39.5 Å². The minimum absolute atomic E-state index is 0.149. The fourth-order valence-electron chi connectivity index (χ4n) is 1.22. The molecule has 0 radical (unpaired) electrons. The fraction of sp³-hybridized carbons (Fsp3) is 0.182. The van der Waals surface area contributed by atoms with Crippen molar-refractivity contribution in [3.05, 3.63) is 28.2 Å². The second-order valence-electron chi connectivity index (χ2n) is 3.64. The van der Waals surface area contributed by atoms with E-state index < -0.39 is 48.1 Å². The highest BCUT2D eigenvalue weighted by Crippen LogP contribution is 2.23. The SMILES string of the molecule is O=C(O)CCC(=O)NC(=O)Nc1c(F)cc(Br)cc1F. The molecule has 0 fully saturated rings. The predicted molar refractivity (Wildman–Crippen MR) is 68.1 cm³/mol. The third-order valence-electron chi connectivity index (χ3n) is 2.06. The first-order chi connectivity index (χ1) is 9.29. The van der Waals surface area contributed by atoms with Gasteiger partial charge in [-0.05, 0) is 12.1 Å². The van der Waals surface area contributed by atoms with Gasteiger partial charge in [0.05, 0.1) is 6.42 Å². The Bertz CT molecular complexity index is 542. The first-order valence-corrected chi connectivity index (χ1v) is 6.06. The van der Waals surface area contributed by atoms with Gasteiger partial charge >= 0.3 is 12.0 Å². The molecule has 9 heteroatoms. The highest BCUT2D eigenvalue weighted by Gasteiger charge is 2.15. The molecule has 0 saturated carbocycles. The Morgan fingerprint density at radius 2 is 1.70 bits per heavy atom. The van der Waals surface area contributed by atoms with Crippen molar-refractivity contribution in [3.8, 4) is 0 Å². The van der Waals surface area contributed by atoms with Crippen molar-refractivity contribution in [2.75, 3.05) is 5.32 Å². The topological polar surface area (TPSA) is 95.5 Å². The van der Waals surface area contributed by atoms with Crippen LogP contribution in [0.2, 0.25) is 0 Å². The summed E-state index contributed by atoms with van der Waals surface area (Å²) in [5, 5.41) is 11.9. The van der Waals surface area contributed by atoms with Gasteiger partial charge in [-0.2, -0.15) is 0 Å². The van der Waals surface area contributed by atoms with Crippen LogP contribution in [0.15, 0.2) is 16.6 Å². The Morgan fingerprint density at radius 1 is 1.15 bits per heavy atom. The molecule has 108 valence electrons. The van der Waals surface area contributed by atoms with Gasteiger partial charge in [0.15, 0.2) is 11.6 Å². The van der Waals surface area contributed by atoms with Crippen LogP contribution in [0, 0.1) is 11.6 Å². The maximum Gasteiger partial charge on any atom is 0.326 e. The molecule has 0 saturated heterocycles. The third-order valence-corrected chi connectivity index (χ3v) is 2.52. The number of aliphatic carboxylic acids is 1. The average molecular weight is 351 g/mol. The van der Waals surface area contributed by atoms with Crippen molar-refractivity contribution in [2.45, 2.75) is 12.8 Å². The molecule has 0 atom stereocenters. The molecule has 3 amide bonds. The monoisotopic (exact) mass is 350 g/mol. The highest BCUT2D eigenvalue weighted by molar-refractivity contribution is 9.10. The number of hydrogen-bond acceptors (Lipinski definition) is 3. The molecule has 0 spiro atoms.